The normalized spacial score (nSPS) is 11.4. The van der Waals surface area contributed by atoms with Crippen LogP contribution in [0.5, 0.6) is 5.75 Å². The van der Waals surface area contributed by atoms with Gasteiger partial charge in [-0.3, -0.25) is 0 Å². The van der Waals surface area contributed by atoms with Gasteiger partial charge in [-0.1, -0.05) is 11.6 Å². The molecule has 0 bridgehead atoms. The van der Waals surface area contributed by atoms with Crippen LogP contribution in [0.15, 0.2) is 23.1 Å². The molecule has 0 unspecified atom stereocenters. The second-order valence-electron chi connectivity index (χ2n) is 2.42. The molecule has 3 nitrogen and oxygen atoms in total. The number of hydrogen-bond donors (Lipinski definition) is 0. The average molecular weight is 253 g/mol. The molecule has 0 N–H and O–H groups in total. The van der Waals surface area contributed by atoms with Crippen molar-refractivity contribution in [3.05, 3.63) is 23.2 Å². The van der Waals surface area contributed by atoms with Gasteiger partial charge >= 0.3 is 0 Å². The van der Waals surface area contributed by atoms with E-state index in [-0.39, 0.29) is 4.90 Å². The third kappa shape index (κ3) is 2.34. The zero-order chi connectivity index (χ0) is 10.8. The minimum absolute atomic E-state index is 0.111. The van der Waals surface area contributed by atoms with E-state index in [2.05, 4.69) is 0 Å². The molecule has 0 saturated heterocycles. The number of rotatable bonds is 3. The van der Waals surface area contributed by atoms with Crippen LogP contribution in [0.25, 0.3) is 0 Å². The molecule has 0 fully saturated rings. The van der Waals surface area contributed by atoms with Gasteiger partial charge in [0.25, 0.3) is 0 Å². The summed E-state index contributed by atoms with van der Waals surface area (Å²) >= 11 is 5.71. The molecule has 0 aliphatic heterocycles. The van der Waals surface area contributed by atoms with Gasteiger partial charge in [0.15, 0.2) is 0 Å². The van der Waals surface area contributed by atoms with E-state index >= 15 is 0 Å². The fourth-order valence-corrected chi connectivity index (χ4v) is 2.95. The molecule has 78 valence electrons. The van der Waals surface area contributed by atoms with Crippen LogP contribution >= 0.6 is 22.4 Å². The zero-order valence-corrected chi connectivity index (χ0v) is 10.0. The van der Waals surface area contributed by atoms with Gasteiger partial charge in [-0.2, -0.15) is 0 Å². The van der Waals surface area contributed by atoms with Crippen LogP contribution in [0.1, 0.15) is 0 Å². The molecule has 1 aromatic rings. The van der Waals surface area contributed by atoms with Crippen LogP contribution in [0.2, 0.25) is 5.02 Å². The molecule has 0 radical (unpaired) electrons. The van der Waals surface area contributed by atoms with Crippen LogP contribution in [0.3, 0.4) is 0 Å². The lowest BCUT2D eigenvalue weighted by molar-refractivity contribution is 0.403. The molecule has 0 spiro atoms. The number of methoxy groups -OCH3 is 1. The van der Waals surface area contributed by atoms with E-state index in [1.165, 1.54) is 25.5 Å². The summed E-state index contributed by atoms with van der Waals surface area (Å²) in [5.74, 6) is 0.309. The van der Waals surface area contributed by atoms with Gasteiger partial charge in [-0.05, 0) is 35.2 Å². The second kappa shape index (κ2) is 4.42. The summed E-state index contributed by atoms with van der Waals surface area (Å²) in [5.41, 5.74) is 0. The van der Waals surface area contributed by atoms with Crippen molar-refractivity contribution in [2.24, 2.45) is 0 Å². The Balaban J connectivity index is 3.39. The molecule has 1 aromatic carbocycles. The maximum atomic E-state index is 11.6. The van der Waals surface area contributed by atoms with Crippen molar-refractivity contribution < 1.29 is 13.2 Å². The monoisotopic (exact) mass is 252 g/mol. The number of halogens is 1. The van der Waals surface area contributed by atoms with E-state index in [1.54, 1.807) is 6.07 Å². The minimum Gasteiger partial charge on any atom is -0.495 e. The molecule has 14 heavy (non-hydrogen) atoms. The lowest BCUT2D eigenvalue weighted by atomic mass is 10.3. The predicted octanol–water partition coefficient (Wildman–Crippen LogP) is 2.40. The zero-order valence-electron chi connectivity index (χ0n) is 7.65. The van der Waals surface area contributed by atoms with Crippen LogP contribution in [-0.4, -0.2) is 21.8 Å². The molecule has 0 atom stereocenters. The fraction of sp³-hybridized carbons (Fsp3) is 0.250. The third-order valence-corrected chi connectivity index (χ3v) is 5.00. The summed E-state index contributed by atoms with van der Waals surface area (Å²) < 4.78 is 28.1. The highest BCUT2D eigenvalue weighted by Gasteiger charge is 2.18. The Morgan fingerprint density at radius 2 is 2.07 bits per heavy atom. The number of benzene rings is 1. The maximum absolute atomic E-state index is 11.6. The van der Waals surface area contributed by atoms with Gasteiger partial charge in [0.05, 0.1) is 7.11 Å². The smallest absolute Gasteiger partial charge is 0.233 e. The Hall–Kier alpha value is -0.390. The topological polar surface area (TPSA) is 43.4 Å². The number of ether oxygens (including phenoxy) is 1. The molecule has 0 aliphatic carbocycles. The number of hydrogen-bond acceptors (Lipinski definition) is 4. The highest BCUT2D eigenvalue weighted by atomic mass is 35.5. The van der Waals surface area contributed by atoms with Crippen LogP contribution in [-0.2, 0) is 8.87 Å². The van der Waals surface area contributed by atoms with Crippen LogP contribution in [0.4, 0.5) is 0 Å². The van der Waals surface area contributed by atoms with E-state index in [0.29, 0.717) is 10.8 Å². The minimum atomic E-state index is -3.36. The summed E-state index contributed by atoms with van der Waals surface area (Å²) in [5, 5.41) is 0.374. The summed E-state index contributed by atoms with van der Waals surface area (Å²) in [7, 11) is -1.18. The van der Waals surface area contributed by atoms with Gasteiger partial charge in [0, 0.05) is 5.02 Å². The highest BCUT2D eigenvalue weighted by molar-refractivity contribution is 8.71. The van der Waals surface area contributed by atoms with Gasteiger partial charge < -0.3 is 4.74 Å². The first-order chi connectivity index (χ1) is 6.51. The van der Waals surface area contributed by atoms with Gasteiger partial charge in [0.1, 0.15) is 10.6 Å². The maximum Gasteiger partial charge on any atom is 0.233 e. The van der Waals surface area contributed by atoms with Crippen molar-refractivity contribution in [3.63, 3.8) is 0 Å². The van der Waals surface area contributed by atoms with Crippen LogP contribution < -0.4 is 4.74 Å². The fourth-order valence-electron chi connectivity index (χ4n) is 0.936. The Morgan fingerprint density at radius 1 is 1.43 bits per heavy atom. The summed E-state index contributed by atoms with van der Waals surface area (Å²) in [6, 6.07) is 4.50. The Bertz CT molecular complexity index is 428. The molecule has 0 amide bonds. The summed E-state index contributed by atoms with van der Waals surface area (Å²) in [4.78, 5) is 0.111. The van der Waals surface area contributed by atoms with Crippen molar-refractivity contribution >= 4 is 31.3 Å². The summed E-state index contributed by atoms with van der Waals surface area (Å²) in [6.45, 7) is 0. The second-order valence-corrected chi connectivity index (χ2v) is 6.85. The molecule has 0 heterocycles. The standard InChI is InChI=1S/C8H9ClO3S2/c1-12-7-4-3-6(9)5-8(7)14(10,11)13-2/h3-5H,1-2H3. The Labute approximate surface area is 91.7 Å². The molecular formula is C8H9ClO3S2. The van der Waals surface area contributed by atoms with Crippen molar-refractivity contribution in [2.75, 3.05) is 13.4 Å². The molecule has 0 aromatic heterocycles. The third-order valence-electron chi connectivity index (χ3n) is 1.61. The van der Waals surface area contributed by atoms with Crippen molar-refractivity contribution in [1.82, 2.24) is 0 Å². The van der Waals surface area contributed by atoms with Gasteiger partial charge in [0.2, 0.25) is 8.87 Å². The van der Waals surface area contributed by atoms with Gasteiger partial charge in [-0.25, -0.2) is 8.42 Å². The van der Waals surface area contributed by atoms with Crippen molar-refractivity contribution in [3.8, 4) is 5.75 Å². The van der Waals surface area contributed by atoms with Crippen LogP contribution in [0, 0.1) is 0 Å². The quantitative estimate of drug-likeness (QED) is 0.775. The lowest BCUT2D eigenvalue weighted by Crippen LogP contribution is -1.98. The van der Waals surface area contributed by atoms with Crippen molar-refractivity contribution in [1.29, 1.82) is 0 Å². The van der Waals surface area contributed by atoms with Gasteiger partial charge in [-0.15, -0.1) is 0 Å². The molecule has 6 heteroatoms. The first-order valence-electron chi connectivity index (χ1n) is 3.65. The predicted molar refractivity (Wildman–Crippen MR) is 58.7 cm³/mol. The Morgan fingerprint density at radius 3 is 2.57 bits per heavy atom. The first-order valence-corrected chi connectivity index (χ1v) is 7.25. The van der Waals surface area contributed by atoms with E-state index in [1.807, 2.05) is 0 Å². The molecular weight excluding hydrogens is 244 g/mol. The summed E-state index contributed by atoms with van der Waals surface area (Å²) in [6.07, 6.45) is 1.50. The molecule has 0 aliphatic rings. The van der Waals surface area contributed by atoms with Crippen molar-refractivity contribution in [2.45, 2.75) is 4.90 Å². The molecule has 0 saturated carbocycles. The first kappa shape index (κ1) is 11.7. The van der Waals surface area contributed by atoms with E-state index < -0.39 is 8.87 Å². The van der Waals surface area contributed by atoms with E-state index in [0.717, 1.165) is 10.8 Å². The SMILES string of the molecule is COc1ccc(Cl)cc1S(=O)(=O)SC. The molecule has 1 rings (SSSR count). The lowest BCUT2D eigenvalue weighted by Gasteiger charge is -2.07. The Kier molecular flexibility index (Phi) is 3.69. The van der Waals surface area contributed by atoms with E-state index in [9.17, 15) is 8.42 Å². The largest absolute Gasteiger partial charge is 0.495 e. The van der Waals surface area contributed by atoms with E-state index in [4.69, 9.17) is 16.3 Å². The average Bonchev–Trinajstić information content (AvgIpc) is 2.18. The highest BCUT2D eigenvalue weighted by Crippen LogP contribution is 2.31.